The molecule has 1 aliphatic heterocycles. The van der Waals surface area contributed by atoms with Crippen molar-refractivity contribution in [2.75, 3.05) is 19.6 Å². The summed E-state index contributed by atoms with van der Waals surface area (Å²) >= 11 is 0. The Morgan fingerprint density at radius 1 is 1.45 bits per heavy atom. The number of carbonyl (C=O) groups excluding carboxylic acids is 2. The predicted octanol–water partition coefficient (Wildman–Crippen LogP) is 1.42. The SMILES string of the molecule is C[C@H](NCCCN1C(=O)CNC1=O)c1cccc(F)c1. The van der Waals surface area contributed by atoms with Gasteiger partial charge in [-0.3, -0.25) is 9.69 Å². The number of carbonyl (C=O) groups is 2. The Hall–Kier alpha value is -1.95. The van der Waals surface area contributed by atoms with Crippen molar-refractivity contribution < 1.29 is 14.0 Å². The van der Waals surface area contributed by atoms with Crippen LogP contribution in [0.15, 0.2) is 24.3 Å². The van der Waals surface area contributed by atoms with Gasteiger partial charge in [0, 0.05) is 12.6 Å². The minimum Gasteiger partial charge on any atom is -0.329 e. The lowest BCUT2D eigenvalue weighted by molar-refractivity contribution is -0.125. The Morgan fingerprint density at radius 3 is 2.90 bits per heavy atom. The summed E-state index contributed by atoms with van der Waals surface area (Å²) in [6.45, 7) is 3.08. The van der Waals surface area contributed by atoms with Crippen LogP contribution in [0.4, 0.5) is 9.18 Å². The topological polar surface area (TPSA) is 61.4 Å². The van der Waals surface area contributed by atoms with E-state index in [-0.39, 0.29) is 30.3 Å². The summed E-state index contributed by atoms with van der Waals surface area (Å²) in [7, 11) is 0. The lowest BCUT2D eigenvalue weighted by Crippen LogP contribution is -2.33. The normalized spacial score (nSPS) is 16.4. The molecule has 1 aliphatic rings. The quantitative estimate of drug-likeness (QED) is 0.611. The second-order valence-electron chi connectivity index (χ2n) is 4.79. The first-order valence-electron chi connectivity index (χ1n) is 6.65. The summed E-state index contributed by atoms with van der Waals surface area (Å²) in [5.74, 6) is -0.441. The van der Waals surface area contributed by atoms with E-state index in [4.69, 9.17) is 0 Å². The molecule has 0 aromatic heterocycles. The Bertz CT molecular complexity index is 491. The van der Waals surface area contributed by atoms with Crippen LogP contribution in [0.25, 0.3) is 0 Å². The van der Waals surface area contributed by atoms with Crippen LogP contribution >= 0.6 is 0 Å². The fourth-order valence-corrected chi connectivity index (χ4v) is 2.13. The van der Waals surface area contributed by atoms with E-state index in [2.05, 4.69) is 10.6 Å². The van der Waals surface area contributed by atoms with Gasteiger partial charge in [0.25, 0.3) is 0 Å². The van der Waals surface area contributed by atoms with Crippen molar-refractivity contribution in [1.82, 2.24) is 15.5 Å². The molecule has 3 amide bonds. The number of amides is 3. The number of imide groups is 1. The Labute approximate surface area is 117 Å². The highest BCUT2D eigenvalue weighted by atomic mass is 19.1. The second-order valence-corrected chi connectivity index (χ2v) is 4.79. The number of hydrogen-bond donors (Lipinski definition) is 2. The monoisotopic (exact) mass is 279 g/mol. The second kappa shape index (κ2) is 6.47. The molecule has 0 saturated carbocycles. The van der Waals surface area contributed by atoms with Crippen LogP contribution in [0.3, 0.4) is 0 Å². The summed E-state index contributed by atoms with van der Waals surface area (Å²) in [6.07, 6.45) is 0.665. The standard InChI is InChI=1S/C14H18FN3O2/c1-10(11-4-2-5-12(15)8-11)16-6-3-7-18-13(19)9-17-14(18)20/h2,4-5,8,10,16H,3,6-7,9H2,1H3,(H,17,20)/t10-/m0/s1. The Morgan fingerprint density at radius 2 is 2.25 bits per heavy atom. The zero-order valence-electron chi connectivity index (χ0n) is 11.4. The van der Waals surface area contributed by atoms with Crippen molar-refractivity contribution in [3.63, 3.8) is 0 Å². The van der Waals surface area contributed by atoms with E-state index in [0.717, 1.165) is 5.56 Å². The highest BCUT2D eigenvalue weighted by molar-refractivity contribution is 6.01. The molecular formula is C14H18FN3O2. The molecule has 1 fully saturated rings. The fourth-order valence-electron chi connectivity index (χ4n) is 2.13. The van der Waals surface area contributed by atoms with Crippen LogP contribution in [0.1, 0.15) is 24.9 Å². The molecule has 2 rings (SSSR count). The smallest absolute Gasteiger partial charge is 0.324 e. The van der Waals surface area contributed by atoms with E-state index < -0.39 is 0 Å². The first kappa shape index (κ1) is 14.5. The highest BCUT2D eigenvalue weighted by Gasteiger charge is 2.27. The summed E-state index contributed by atoms with van der Waals surface area (Å²) in [6, 6.07) is 6.14. The van der Waals surface area contributed by atoms with Crippen molar-refractivity contribution >= 4 is 11.9 Å². The molecular weight excluding hydrogens is 261 g/mol. The van der Waals surface area contributed by atoms with E-state index in [9.17, 15) is 14.0 Å². The average Bonchev–Trinajstić information content (AvgIpc) is 2.74. The first-order valence-corrected chi connectivity index (χ1v) is 6.65. The summed E-state index contributed by atoms with van der Waals surface area (Å²) in [5, 5.41) is 5.72. The van der Waals surface area contributed by atoms with Gasteiger partial charge in [0.2, 0.25) is 5.91 Å². The van der Waals surface area contributed by atoms with Gasteiger partial charge >= 0.3 is 6.03 Å². The molecule has 0 unspecified atom stereocenters. The molecule has 0 aliphatic carbocycles. The van der Waals surface area contributed by atoms with Crippen LogP contribution < -0.4 is 10.6 Å². The molecule has 0 spiro atoms. The molecule has 2 N–H and O–H groups in total. The van der Waals surface area contributed by atoms with Crippen LogP contribution in [0.2, 0.25) is 0 Å². The van der Waals surface area contributed by atoms with Gasteiger partial charge in [0.1, 0.15) is 5.82 Å². The highest BCUT2D eigenvalue weighted by Crippen LogP contribution is 2.13. The van der Waals surface area contributed by atoms with Gasteiger partial charge < -0.3 is 10.6 Å². The maximum atomic E-state index is 13.1. The molecule has 1 atom stereocenters. The Kier molecular flexibility index (Phi) is 4.68. The molecule has 1 saturated heterocycles. The van der Waals surface area contributed by atoms with Gasteiger partial charge in [-0.05, 0) is 37.6 Å². The van der Waals surface area contributed by atoms with E-state index in [1.54, 1.807) is 6.07 Å². The van der Waals surface area contributed by atoms with Gasteiger partial charge in [0.15, 0.2) is 0 Å². The zero-order chi connectivity index (χ0) is 14.5. The third-order valence-corrected chi connectivity index (χ3v) is 3.29. The Balaban J connectivity index is 1.73. The van der Waals surface area contributed by atoms with Crippen LogP contribution in [-0.4, -0.2) is 36.5 Å². The molecule has 1 aromatic carbocycles. The van der Waals surface area contributed by atoms with Crippen molar-refractivity contribution in [3.05, 3.63) is 35.6 Å². The molecule has 108 valence electrons. The van der Waals surface area contributed by atoms with Crippen molar-refractivity contribution in [2.45, 2.75) is 19.4 Å². The average molecular weight is 279 g/mol. The van der Waals surface area contributed by atoms with Crippen LogP contribution in [0, 0.1) is 5.82 Å². The number of halogens is 1. The minimum absolute atomic E-state index is 0.0220. The van der Waals surface area contributed by atoms with Crippen molar-refractivity contribution in [1.29, 1.82) is 0 Å². The fraction of sp³-hybridized carbons (Fsp3) is 0.429. The zero-order valence-corrected chi connectivity index (χ0v) is 11.4. The molecule has 1 heterocycles. The summed E-state index contributed by atoms with van der Waals surface area (Å²) < 4.78 is 13.1. The molecule has 6 heteroatoms. The van der Waals surface area contributed by atoms with Gasteiger partial charge in [-0.15, -0.1) is 0 Å². The van der Waals surface area contributed by atoms with Gasteiger partial charge in [-0.25, -0.2) is 9.18 Å². The van der Waals surface area contributed by atoms with Crippen LogP contribution in [-0.2, 0) is 4.79 Å². The molecule has 1 aromatic rings. The molecule has 5 nitrogen and oxygen atoms in total. The lowest BCUT2D eigenvalue weighted by atomic mass is 10.1. The largest absolute Gasteiger partial charge is 0.329 e. The maximum Gasteiger partial charge on any atom is 0.324 e. The summed E-state index contributed by atoms with van der Waals surface area (Å²) in [5.41, 5.74) is 0.875. The van der Waals surface area contributed by atoms with Crippen molar-refractivity contribution in [2.24, 2.45) is 0 Å². The molecule has 0 bridgehead atoms. The number of nitrogens with one attached hydrogen (secondary N) is 2. The predicted molar refractivity (Wildman–Crippen MR) is 72.5 cm³/mol. The first-order chi connectivity index (χ1) is 9.58. The van der Waals surface area contributed by atoms with E-state index in [0.29, 0.717) is 19.5 Å². The van der Waals surface area contributed by atoms with E-state index in [1.165, 1.54) is 17.0 Å². The number of urea groups is 1. The van der Waals surface area contributed by atoms with E-state index in [1.807, 2.05) is 13.0 Å². The van der Waals surface area contributed by atoms with Crippen LogP contribution in [0.5, 0.6) is 0 Å². The molecule has 20 heavy (non-hydrogen) atoms. The number of hydrogen-bond acceptors (Lipinski definition) is 3. The summed E-state index contributed by atoms with van der Waals surface area (Å²) in [4.78, 5) is 23.9. The van der Waals surface area contributed by atoms with Gasteiger partial charge in [-0.1, -0.05) is 12.1 Å². The number of rotatable bonds is 6. The molecule has 0 radical (unpaired) electrons. The van der Waals surface area contributed by atoms with Crippen molar-refractivity contribution in [3.8, 4) is 0 Å². The maximum absolute atomic E-state index is 13.1. The minimum atomic E-state index is -0.326. The third kappa shape index (κ3) is 3.54. The lowest BCUT2D eigenvalue weighted by Gasteiger charge is -2.16. The van der Waals surface area contributed by atoms with Gasteiger partial charge in [-0.2, -0.15) is 0 Å². The number of nitrogens with zero attached hydrogens (tertiary/aromatic N) is 1. The van der Waals surface area contributed by atoms with Gasteiger partial charge in [0.05, 0.1) is 6.54 Å². The van der Waals surface area contributed by atoms with E-state index >= 15 is 0 Å². The third-order valence-electron chi connectivity index (χ3n) is 3.29. The number of benzene rings is 1.